The monoisotopic (exact) mass is 472 g/mol. The number of benzene rings is 1. The second kappa shape index (κ2) is 12.1. The summed E-state index contributed by atoms with van der Waals surface area (Å²) in [4.78, 5) is 33.2. The number of aromatic nitrogens is 1. The van der Waals surface area contributed by atoms with Crippen LogP contribution in [0.2, 0.25) is 0 Å². The molecule has 0 spiro atoms. The summed E-state index contributed by atoms with van der Waals surface area (Å²) in [5.41, 5.74) is 1.01. The molecule has 184 valence electrons. The molecule has 10 heteroatoms. The van der Waals surface area contributed by atoms with Crippen LogP contribution in [0.25, 0.3) is 0 Å². The average molecular weight is 473 g/mol. The van der Waals surface area contributed by atoms with Crippen molar-refractivity contribution in [3.05, 3.63) is 36.0 Å². The molecule has 2 aromatic rings. The van der Waals surface area contributed by atoms with E-state index in [2.05, 4.69) is 20.1 Å². The summed E-state index contributed by atoms with van der Waals surface area (Å²) >= 11 is 0. The molecule has 0 atom stereocenters. The van der Waals surface area contributed by atoms with Crippen LogP contribution in [0.15, 0.2) is 30.5 Å². The molecule has 1 aromatic carbocycles. The smallest absolute Gasteiger partial charge is 0.339 e. The third-order valence-corrected chi connectivity index (χ3v) is 5.49. The van der Waals surface area contributed by atoms with Crippen LogP contribution in [-0.2, 0) is 9.53 Å². The van der Waals surface area contributed by atoms with E-state index in [0.717, 1.165) is 31.9 Å². The molecule has 3 rings (SSSR count). The zero-order valence-corrected chi connectivity index (χ0v) is 20.1. The molecule has 10 nitrogen and oxygen atoms in total. The Bertz CT molecular complexity index is 957. The van der Waals surface area contributed by atoms with E-state index in [9.17, 15) is 9.59 Å². The van der Waals surface area contributed by atoms with Crippen LogP contribution in [0, 0.1) is 0 Å². The van der Waals surface area contributed by atoms with Gasteiger partial charge in [0, 0.05) is 50.2 Å². The predicted molar refractivity (Wildman–Crippen MR) is 128 cm³/mol. The Morgan fingerprint density at radius 3 is 2.32 bits per heavy atom. The van der Waals surface area contributed by atoms with E-state index >= 15 is 0 Å². The Morgan fingerprint density at radius 2 is 1.74 bits per heavy atom. The van der Waals surface area contributed by atoms with Gasteiger partial charge in [-0.2, -0.15) is 0 Å². The first-order valence-electron chi connectivity index (χ1n) is 11.2. The lowest BCUT2D eigenvalue weighted by Crippen LogP contribution is -2.36. The molecule has 1 fully saturated rings. The van der Waals surface area contributed by atoms with E-state index in [1.807, 2.05) is 6.07 Å². The molecular weight excluding hydrogens is 440 g/mol. The fourth-order valence-corrected chi connectivity index (χ4v) is 3.82. The summed E-state index contributed by atoms with van der Waals surface area (Å²) in [5, 5.41) is 2.91. The number of anilines is 2. The Morgan fingerprint density at radius 1 is 1.00 bits per heavy atom. The largest absolute Gasteiger partial charge is 0.493 e. The van der Waals surface area contributed by atoms with Crippen LogP contribution in [-0.4, -0.2) is 82.4 Å². The van der Waals surface area contributed by atoms with E-state index in [1.54, 1.807) is 31.3 Å². The van der Waals surface area contributed by atoms with Crippen LogP contribution in [0.5, 0.6) is 17.2 Å². The molecule has 2 heterocycles. The second-order valence-corrected chi connectivity index (χ2v) is 7.70. The third kappa shape index (κ3) is 6.28. The number of carbonyl (C=O) groups is 2. The van der Waals surface area contributed by atoms with Crippen molar-refractivity contribution in [1.82, 2.24) is 9.88 Å². The fraction of sp³-hybridized carbons (Fsp3) is 0.458. The topological polar surface area (TPSA) is 102 Å². The summed E-state index contributed by atoms with van der Waals surface area (Å²) in [6.07, 6.45) is 2.43. The number of nitrogens with zero attached hydrogens (tertiary/aromatic N) is 3. The number of pyridine rings is 1. The first-order chi connectivity index (χ1) is 16.5. The zero-order valence-electron chi connectivity index (χ0n) is 20.1. The normalized spacial score (nSPS) is 14.2. The van der Waals surface area contributed by atoms with Crippen molar-refractivity contribution in [1.29, 1.82) is 0 Å². The predicted octanol–water partition coefficient (Wildman–Crippen LogP) is 2.43. The number of ether oxygens (including phenoxy) is 4. The van der Waals surface area contributed by atoms with Gasteiger partial charge in [-0.1, -0.05) is 0 Å². The lowest BCUT2D eigenvalue weighted by atomic mass is 10.2. The number of hydrogen-bond acceptors (Lipinski definition) is 9. The van der Waals surface area contributed by atoms with Crippen molar-refractivity contribution in [3.8, 4) is 17.2 Å². The maximum Gasteiger partial charge on any atom is 0.339 e. The highest BCUT2D eigenvalue weighted by Crippen LogP contribution is 2.39. The summed E-state index contributed by atoms with van der Waals surface area (Å²) in [5.74, 6) is 1.73. The molecule has 0 aliphatic carbocycles. The van der Waals surface area contributed by atoms with E-state index in [0.29, 0.717) is 41.7 Å². The maximum atomic E-state index is 12.7. The van der Waals surface area contributed by atoms with Crippen molar-refractivity contribution >= 4 is 23.4 Å². The molecule has 0 radical (unpaired) electrons. The Hall–Kier alpha value is -3.53. The first kappa shape index (κ1) is 25.1. The highest BCUT2D eigenvalue weighted by molar-refractivity contribution is 5.93. The summed E-state index contributed by atoms with van der Waals surface area (Å²) in [7, 11) is 4.60. The summed E-state index contributed by atoms with van der Waals surface area (Å²) in [6.45, 7) is 5.41. The van der Waals surface area contributed by atoms with Crippen LogP contribution in [0.1, 0.15) is 23.7 Å². The molecule has 34 heavy (non-hydrogen) atoms. The van der Waals surface area contributed by atoms with E-state index < -0.39 is 0 Å². The van der Waals surface area contributed by atoms with Crippen molar-refractivity contribution in [3.63, 3.8) is 0 Å². The van der Waals surface area contributed by atoms with Crippen molar-refractivity contribution < 1.29 is 28.5 Å². The lowest BCUT2D eigenvalue weighted by molar-refractivity contribution is -0.117. The average Bonchev–Trinajstić information content (AvgIpc) is 3.09. The lowest BCUT2D eigenvalue weighted by Gasteiger charge is -2.22. The fourth-order valence-electron chi connectivity index (χ4n) is 3.82. The zero-order chi connectivity index (χ0) is 24.5. The van der Waals surface area contributed by atoms with Crippen molar-refractivity contribution in [2.24, 2.45) is 0 Å². The molecule has 1 aromatic heterocycles. The molecular formula is C24H32N4O6. The second-order valence-electron chi connectivity index (χ2n) is 7.70. The Kier molecular flexibility index (Phi) is 8.92. The van der Waals surface area contributed by atoms with Crippen LogP contribution >= 0.6 is 0 Å². The molecule has 1 saturated heterocycles. The van der Waals surface area contributed by atoms with E-state index in [4.69, 9.17) is 18.9 Å². The molecule has 1 N–H and O–H groups in total. The minimum Gasteiger partial charge on any atom is -0.493 e. The molecule has 0 bridgehead atoms. The van der Waals surface area contributed by atoms with Gasteiger partial charge in [0.05, 0.1) is 40.0 Å². The Balaban J connectivity index is 1.57. The summed E-state index contributed by atoms with van der Waals surface area (Å²) in [6, 6.07) is 6.97. The number of methoxy groups -OCH3 is 3. The number of hydrogen-bond donors (Lipinski definition) is 1. The Labute approximate surface area is 199 Å². The summed E-state index contributed by atoms with van der Waals surface area (Å²) < 4.78 is 21.0. The van der Waals surface area contributed by atoms with E-state index in [-0.39, 0.29) is 18.4 Å². The van der Waals surface area contributed by atoms with Gasteiger partial charge < -0.3 is 29.2 Å². The van der Waals surface area contributed by atoms with Gasteiger partial charge in [0.1, 0.15) is 5.82 Å². The van der Waals surface area contributed by atoms with Gasteiger partial charge in [-0.05, 0) is 25.5 Å². The molecule has 0 unspecified atom stereocenters. The van der Waals surface area contributed by atoms with E-state index in [1.165, 1.54) is 21.3 Å². The number of esters is 1. The van der Waals surface area contributed by atoms with Crippen LogP contribution in [0.4, 0.5) is 11.5 Å². The third-order valence-electron chi connectivity index (χ3n) is 5.49. The van der Waals surface area contributed by atoms with Gasteiger partial charge >= 0.3 is 5.97 Å². The molecule has 1 aliphatic rings. The SMILES string of the molecule is CCOC(=O)c1ccc(N2CCCN(CC(=O)Nc3cc(OC)c(OC)c(OC)c3)CC2)nc1. The van der Waals surface area contributed by atoms with Gasteiger partial charge in [-0.3, -0.25) is 9.69 Å². The minimum absolute atomic E-state index is 0.125. The van der Waals surface area contributed by atoms with Crippen molar-refractivity contribution in [2.75, 3.05) is 70.9 Å². The van der Waals surface area contributed by atoms with Crippen LogP contribution < -0.4 is 24.4 Å². The van der Waals surface area contributed by atoms with Gasteiger partial charge in [0.2, 0.25) is 11.7 Å². The highest BCUT2D eigenvalue weighted by Gasteiger charge is 2.20. The molecule has 1 aliphatic heterocycles. The van der Waals surface area contributed by atoms with Crippen molar-refractivity contribution in [2.45, 2.75) is 13.3 Å². The van der Waals surface area contributed by atoms with Gasteiger partial charge in [0.15, 0.2) is 11.5 Å². The number of nitrogens with one attached hydrogen (secondary N) is 1. The standard InChI is InChI=1S/C24H32N4O6/c1-5-34-24(30)17-7-8-21(25-15-17)28-10-6-9-27(11-12-28)16-22(29)26-18-13-19(31-2)23(33-4)20(14-18)32-3/h7-8,13-15H,5-6,9-12,16H2,1-4H3,(H,26,29). The first-order valence-corrected chi connectivity index (χ1v) is 11.2. The maximum absolute atomic E-state index is 12.7. The minimum atomic E-state index is -0.373. The number of carbonyl (C=O) groups excluding carboxylic acids is 2. The van der Waals surface area contributed by atoms with Gasteiger partial charge in [-0.15, -0.1) is 0 Å². The van der Waals surface area contributed by atoms with Gasteiger partial charge in [0.25, 0.3) is 0 Å². The van der Waals surface area contributed by atoms with Crippen LogP contribution in [0.3, 0.4) is 0 Å². The number of rotatable bonds is 9. The molecule has 1 amide bonds. The number of amides is 1. The quantitative estimate of drug-likeness (QED) is 0.551. The van der Waals surface area contributed by atoms with Gasteiger partial charge in [-0.25, -0.2) is 9.78 Å². The highest BCUT2D eigenvalue weighted by atomic mass is 16.5. The molecule has 0 saturated carbocycles.